The van der Waals surface area contributed by atoms with Gasteiger partial charge in [-0.25, -0.2) is 0 Å². The lowest BCUT2D eigenvalue weighted by atomic mass is 9.96. The molecule has 2 aromatic heterocycles. The number of thiocarbonyl (C=S) groups is 1. The zero-order valence-electron chi connectivity index (χ0n) is 20.6. The molecule has 0 amide bonds. The number of rotatable bonds is 6. The average Bonchev–Trinajstić information content (AvgIpc) is 3.39. The highest BCUT2D eigenvalue weighted by Crippen LogP contribution is 2.47. The normalized spacial score (nSPS) is 17.2. The molecule has 0 bridgehead atoms. The van der Waals surface area contributed by atoms with Crippen molar-refractivity contribution < 1.29 is 14.6 Å². The van der Waals surface area contributed by atoms with Crippen LogP contribution in [0, 0.1) is 13.8 Å². The molecule has 7 nitrogen and oxygen atoms in total. The molecule has 8 heteroatoms. The molecule has 0 aliphatic carbocycles. The molecule has 0 unspecified atom stereocenters. The van der Waals surface area contributed by atoms with Gasteiger partial charge in [-0.3, -0.25) is 4.98 Å². The Labute approximate surface area is 215 Å². The van der Waals surface area contributed by atoms with Crippen molar-refractivity contribution in [2.75, 3.05) is 19.1 Å². The second kappa shape index (κ2) is 9.54. The molecule has 5 rings (SSSR count). The summed E-state index contributed by atoms with van der Waals surface area (Å²) in [5.41, 5.74) is 5.93. The molecular weight excluding hydrogens is 472 g/mol. The molecule has 3 heterocycles. The summed E-state index contributed by atoms with van der Waals surface area (Å²) in [6, 6.07) is 20.6. The third-order valence-electron chi connectivity index (χ3n) is 6.64. The maximum atomic E-state index is 9.80. The lowest BCUT2D eigenvalue weighted by Gasteiger charge is -2.29. The van der Waals surface area contributed by atoms with Crippen LogP contribution in [0.25, 0.3) is 5.69 Å². The number of nitrogens with one attached hydrogen (secondary N) is 1. The number of aromatic hydroxyl groups is 1. The van der Waals surface area contributed by atoms with Gasteiger partial charge < -0.3 is 29.4 Å². The maximum Gasteiger partial charge on any atom is 0.174 e. The van der Waals surface area contributed by atoms with Gasteiger partial charge in [-0.05, 0) is 86.2 Å². The number of phenols is 1. The first-order valence-corrected chi connectivity index (χ1v) is 12.0. The highest BCUT2D eigenvalue weighted by atomic mass is 32.1. The monoisotopic (exact) mass is 500 g/mol. The molecule has 1 saturated heterocycles. The predicted octanol–water partition coefficient (Wildman–Crippen LogP) is 5.39. The van der Waals surface area contributed by atoms with E-state index in [2.05, 4.69) is 39.7 Å². The van der Waals surface area contributed by atoms with Crippen molar-refractivity contribution in [3.63, 3.8) is 0 Å². The lowest BCUT2D eigenvalue weighted by molar-refractivity contribution is 0.403. The number of methoxy groups -OCH3 is 2. The van der Waals surface area contributed by atoms with Gasteiger partial charge in [-0.1, -0.05) is 6.07 Å². The van der Waals surface area contributed by atoms with E-state index in [4.69, 9.17) is 21.7 Å². The Bertz CT molecular complexity index is 1400. The van der Waals surface area contributed by atoms with E-state index in [1.807, 2.05) is 48.5 Å². The van der Waals surface area contributed by atoms with Crippen molar-refractivity contribution in [3.8, 4) is 22.9 Å². The number of aromatic nitrogens is 2. The number of hydrogen-bond acceptors (Lipinski definition) is 5. The third kappa shape index (κ3) is 4.03. The van der Waals surface area contributed by atoms with Crippen molar-refractivity contribution in [1.82, 2.24) is 14.9 Å². The number of phenolic OH excluding ortho intramolecular Hbond substituents is 1. The minimum atomic E-state index is -0.203. The summed E-state index contributed by atoms with van der Waals surface area (Å²) in [7, 11) is 3.30. The van der Waals surface area contributed by atoms with E-state index in [1.54, 1.807) is 32.5 Å². The molecule has 4 aromatic rings. The summed E-state index contributed by atoms with van der Waals surface area (Å²) in [6.45, 7) is 4.18. The fourth-order valence-corrected chi connectivity index (χ4v) is 5.34. The van der Waals surface area contributed by atoms with Crippen LogP contribution in [0.2, 0.25) is 0 Å². The molecule has 1 aliphatic heterocycles. The number of hydrogen-bond donors (Lipinski definition) is 2. The van der Waals surface area contributed by atoms with Crippen LogP contribution in [0.1, 0.15) is 34.7 Å². The van der Waals surface area contributed by atoms with Crippen LogP contribution in [0.5, 0.6) is 17.2 Å². The zero-order valence-corrected chi connectivity index (χ0v) is 21.4. The molecule has 36 heavy (non-hydrogen) atoms. The minimum Gasteiger partial charge on any atom is -0.508 e. The smallest absolute Gasteiger partial charge is 0.174 e. The van der Waals surface area contributed by atoms with Crippen molar-refractivity contribution in [2.45, 2.75) is 25.9 Å². The summed E-state index contributed by atoms with van der Waals surface area (Å²) in [6.07, 6.45) is 1.80. The van der Waals surface area contributed by atoms with Crippen LogP contribution in [-0.2, 0) is 0 Å². The molecule has 184 valence electrons. The zero-order chi connectivity index (χ0) is 25.4. The standard InChI is InChI=1S/C28H28N4O3S/c1-17-15-22(18(2)31(17)19-8-10-20(33)11-9-19)27-26(23-7-5-6-14-29-23)30-28(36)32(27)24-16-21(34-3)12-13-25(24)35-4/h5-16,26-27,33H,1-4H3,(H,30,36)/t26-,27+/m0/s1. The number of anilines is 1. The predicted molar refractivity (Wildman–Crippen MR) is 144 cm³/mol. The van der Waals surface area contributed by atoms with Crippen molar-refractivity contribution in [2.24, 2.45) is 0 Å². The van der Waals surface area contributed by atoms with Gasteiger partial charge >= 0.3 is 0 Å². The summed E-state index contributed by atoms with van der Waals surface area (Å²) in [5, 5.41) is 13.9. The van der Waals surface area contributed by atoms with E-state index in [0.717, 1.165) is 34.0 Å². The number of aryl methyl sites for hydroxylation is 1. The van der Waals surface area contributed by atoms with Crippen molar-refractivity contribution in [1.29, 1.82) is 0 Å². The Morgan fingerprint density at radius 1 is 0.972 bits per heavy atom. The number of pyridine rings is 1. The summed E-state index contributed by atoms with van der Waals surface area (Å²) < 4.78 is 13.5. The fourth-order valence-electron chi connectivity index (χ4n) is 5.00. The van der Waals surface area contributed by atoms with E-state index in [9.17, 15) is 5.11 Å². The van der Waals surface area contributed by atoms with Gasteiger partial charge in [0.2, 0.25) is 0 Å². The van der Waals surface area contributed by atoms with Gasteiger partial charge in [0.1, 0.15) is 17.2 Å². The van der Waals surface area contributed by atoms with Crippen LogP contribution >= 0.6 is 12.2 Å². The Morgan fingerprint density at radius 2 is 1.75 bits per heavy atom. The average molecular weight is 501 g/mol. The third-order valence-corrected chi connectivity index (χ3v) is 6.96. The highest BCUT2D eigenvalue weighted by Gasteiger charge is 2.43. The van der Waals surface area contributed by atoms with E-state index in [0.29, 0.717) is 16.6 Å². The lowest BCUT2D eigenvalue weighted by Crippen LogP contribution is -2.30. The van der Waals surface area contributed by atoms with Crippen LogP contribution in [0.3, 0.4) is 0 Å². The number of benzene rings is 2. The van der Waals surface area contributed by atoms with E-state index in [1.165, 1.54) is 0 Å². The van der Waals surface area contributed by atoms with E-state index < -0.39 is 0 Å². The first kappa shape index (κ1) is 23.7. The van der Waals surface area contributed by atoms with Crippen molar-refractivity contribution in [3.05, 3.63) is 95.6 Å². The summed E-state index contributed by atoms with van der Waals surface area (Å²) in [5.74, 6) is 1.64. The Hall–Kier alpha value is -4.04. The first-order chi connectivity index (χ1) is 17.4. The van der Waals surface area contributed by atoms with E-state index in [-0.39, 0.29) is 17.8 Å². The number of nitrogens with zero attached hydrogens (tertiary/aromatic N) is 3. The summed E-state index contributed by atoms with van der Waals surface area (Å²) >= 11 is 5.91. The van der Waals surface area contributed by atoms with Gasteiger partial charge in [0.05, 0.1) is 37.7 Å². The van der Waals surface area contributed by atoms with Gasteiger partial charge in [-0.2, -0.15) is 0 Å². The molecule has 2 N–H and O–H groups in total. The maximum absolute atomic E-state index is 9.80. The quantitative estimate of drug-likeness (QED) is 0.344. The Morgan fingerprint density at radius 3 is 2.42 bits per heavy atom. The first-order valence-electron chi connectivity index (χ1n) is 11.6. The van der Waals surface area contributed by atoms with Crippen LogP contribution in [0.4, 0.5) is 5.69 Å². The van der Waals surface area contributed by atoms with Gasteiger partial charge in [0.25, 0.3) is 0 Å². The largest absolute Gasteiger partial charge is 0.508 e. The topological polar surface area (TPSA) is 71.8 Å². The molecule has 2 atom stereocenters. The van der Waals surface area contributed by atoms with Gasteiger partial charge in [0.15, 0.2) is 5.11 Å². The van der Waals surface area contributed by atoms with E-state index >= 15 is 0 Å². The molecule has 1 aliphatic rings. The summed E-state index contributed by atoms with van der Waals surface area (Å²) in [4.78, 5) is 6.76. The SMILES string of the molecule is COc1ccc(OC)c(N2C(=S)N[C@@H](c3ccccn3)[C@H]2c2cc(C)n(-c3ccc(O)cc3)c2C)c1. The molecule has 0 saturated carbocycles. The van der Waals surface area contributed by atoms with Gasteiger partial charge in [0, 0.05) is 29.3 Å². The second-order valence-corrected chi connectivity index (χ2v) is 9.10. The molecule has 1 fully saturated rings. The highest BCUT2D eigenvalue weighted by molar-refractivity contribution is 7.80. The Kier molecular flexibility index (Phi) is 6.28. The van der Waals surface area contributed by atoms with Crippen molar-refractivity contribution >= 4 is 23.0 Å². The van der Waals surface area contributed by atoms with Crippen LogP contribution in [-0.4, -0.2) is 34.0 Å². The van der Waals surface area contributed by atoms with Crippen LogP contribution < -0.4 is 19.7 Å². The molecule has 0 radical (unpaired) electrons. The fraction of sp³-hybridized carbons (Fsp3) is 0.214. The van der Waals surface area contributed by atoms with Crippen LogP contribution in [0.15, 0.2) is 72.9 Å². The Balaban J connectivity index is 1.71. The number of ether oxygens (including phenoxy) is 2. The molecular formula is C28H28N4O3S. The molecule has 2 aromatic carbocycles. The second-order valence-electron chi connectivity index (χ2n) is 8.71. The minimum absolute atomic E-state index is 0.191. The molecule has 0 spiro atoms. The van der Waals surface area contributed by atoms with Gasteiger partial charge in [-0.15, -0.1) is 0 Å².